The van der Waals surface area contributed by atoms with Crippen LogP contribution in [0.4, 0.5) is 10.1 Å². The standard InChI is InChI=1S/C21H27FN4O2.HI/c1-3-23-21(24-15-16-8-9-20(28-2)17(22)14-16)26-12-10-25(11-13-26)18-6-4-5-7-19(18)27;/h4-9,14,27H,3,10-13,15H2,1-2H3,(H,23,24);1H. The molecule has 0 aromatic heterocycles. The molecule has 0 spiro atoms. The Hall–Kier alpha value is -2.23. The highest BCUT2D eigenvalue weighted by Crippen LogP contribution is 2.27. The lowest BCUT2D eigenvalue weighted by molar-refractivity contribution is 0.369. The number of phenols is 1. The predicted octanol–water partition coefficient (Wildman–Crippen LogP) is 3.45. The lowest BCUT2D eigenvalue weighted by Crippen LogP contribution is -2.52. The number of ether oxygens (including phenoxy) is 1. The first-order chi connectivity index (χ1) is 13.6. The number of rotatable bonds is 5. The molecule has 2 aromatic carbocycles. The van der Waals surface area contributed by atoms with Crippen molar-refractivity contribution in [3.63, 3.8) is 0 Å². The molecule has 2 N–H and O–H groups in total. The van der Waals surface area contributed by atoms with Gasteiger partial charge in [0.05, 0.1) is 19.3 Å². The summed E-state index contributed by atoms with van der Waals surface area (Å²) in [6.07, 6.45) is 0. The molecular weight excluding hydrogens is 486 g/mol. The van der Waals surface area contributed by atoms with Crippen molar-refractivity contribution in [2.45, 2.75) is 13.5 Å². The number of aliphatic imine (C=N–C) groups is 1. The Morgan fingerprint density at radius 2 is 1.90 bits per heavy atom. The summed E-state index contributed by atoms with van der Waals surface area (Å²) in [5, 5.41) is 13.4. The number of aromatic hydroxyl groups is 1. The number of hydrogen-bond donors (Lipinski definition) is 2. The minimum atomic E-state index is -0.378. The molecule has 2 aromatic rings. The number of nitrogens with zero attached hydrogens (tertiary/aromatic N) is 3. The second kappa shape index (κ2) is 11.1. The van der Waals surface area contributed by atoms with Crippen LogP contribution in [-0.2, 0) is 6.54 Å². The molecule has 0 aliphatic carbocycles. The van der Waals surface area contributed by atoms with Crippen molar-refractivity contribution in [2.24, 2.45) is 4.99 Å². The average molecular weight is 514 g/mol. The van der Waals surface area contributed by atoms with E-state index in [2.05, 4.69) is 20.1 Å². The zero-order valence-electron chi connectivity index (χ0n) is 16.8. The summed E-state index contributed by atoms with van der Waals surface area (Å²) in [5.41, 5.74) is 1.65. The maximum Gasteiger partial charge on any atom is 0.194 e. The first-order valence-electron chi connectivity index (χ1n) is 9.51. The van der Waals surface area contributed by atoms with Crippen molar-refractivity contribution in [3.05, 3.63) is 53.8 Å². The Morgan fingerprint density at radius 1 is 1.17 bits per heavy atom. The number of hydrogen-bond acceptors (Lipinski definition) is 4. The van der Waals surface area contributed by atoms with Gasteiger partial charge in [-0.2, -0.15) is 0 Å². The zero-order valence-corrected chi connectivity index (χ0v) is 19.1. The van der Waals surface area contributed by atoms with Crippen LogP contribution in [0.1, 0.15) is 12.5 Å². The smallest absolute Gasteiger partial charge is 0.194 e. The van der Waals surface area contributed by atoms with E-state index in [0.29, 0.717) is 12.3 Å². The van der Waals surface area contributed by atoms with Crippen molar-refractivity contribution in [3.8, 4) is 11.5 Å². The normalized spacial score (nSPS) is 14.4. The van der Waals surface area contributed by atoms with E-state index in [1.54, 1.807) is 12.1 Å². The molecule has 1 saturated heterocycles. The number of anilines is 1. The fourth-order valence-corrected chi connectivity index (χ4v) is 3.29. The molecule has 0 amide bonds. The fourth-order valence-electron chi connectivity index (χ4n) is 3.29. The van der Waals surface area contributed by atoms with Crippen molar-refractivity contribution in [1.82, 2.24) is 10.2 Å². The predicted molar refractivity (Wildman–Crippen MR) is 125 cm³/mol. The number of halogens is 2. The molecule has 158 valence electrons. The molecule has 1 heterocycles. The Balaban J connectivity index is 0.00000300. The van der Waals surface area contributed by atoms with Gasteiger partial charge in [0.1, 0.15) is 5.75 Å². The van der Waals surface area contributed by atoms with Gasteiger partial charge in [-0.15, -0.1) is 24.0 Å². The highest BCUT2D eigenvalue weighted by molar-refractivity contribution is 14.0. The lowest BCUT2D eigenvalue weighted by atomic mass is 10.2. The summed E-state index contributed by atoms with van der Waals surface area (Å²) in [7, 11) is 1.45. The second-order valence-electron chi connectivity index (χ2n) is 6.60. The summed E-state index contributed by atoms with van der Waals surface area (Å²) in [4.78, 5) is 9.04. The van der Waals surface area contributed by atoms with Crippen LogP contribution >= 0.6 is 24.0 Å². The second-order valence-corrected chi connectivity index (χ2v) is 6.60. The van der Waals surface area contributed by atoms with Crippen LogP contribution in [0, 0.1) is 5.82 Å². The number of methoxy groups -OCH3 is 1. The highest BCUT2D eigenvalue weighted by atomic mass is 127. The largest absolute Gasteiger partial charge is 0.506 e. The topological polar surface area (TPSA) is 60.3 Å². The van der Waals surface area contributed by atoms with E-state index in [1.165, 1.54) is 13.2 Å². The van der Waals surface area contributed by atoms with E-state index < -0.39 is 0 Å². The van der Waals surface area contributed by atoms with Gasteiger partial charge < -0.3 is 25.0 Å². The van der Waals surface area contributed by atoms with Crippen LogP contribution in [0.3, 0.4) is 0 Å². The Bertz CT molecular complexity index is 826. The van der Waals surface area contributed by atoms with E-state index in [1.807, 2.05) is 31.2 Å². The van der Waals surface area contributed by atoms with Crippen LogP contribution in [0.5, 0.6) is 11.5 Å². The Kier molecular flexibility index (Phi) is 8.81. The van der Waals surface area contributed by atoms with Crippen molar-refractivity contribution in [2.75, 3.05) is 44.7 Å². The lowest BCUT2D eigenvalue weighted by Gasteiger charge is -2.37. The number of benzene rings is 2. The summed E-state index contributed by atoms with van der Waals surface area (Å²) in [5.74, 6) is 0.977. The van der Waals surface area contributed by atoms with Crippen LogP contribution in [0.2, 0.25) is 0 Å². The third-order valence-electron chi connectivity index (χ3n) is 4.76. The van der Waals surface area contributed by atoms with Gasteiger partial charge in [-0.05, 0) is 36.8 Å². The van der Waals surface area contributed by atoms with E-state index in [-0.39, 0.29) is 35.5 Å². The molecular formula is C21H28FIN4O2. The number of nitrogens with one attached hydrogen (secondary N) is 1. The summed E-state index contributed by atoms with van der Waals surface area (Å²) < 4.78 is 18.8. The highest BCUT2D eigenvalue weighted by Gasteiger charge is 2.21. The minimum Gasteiger partial charge on any atom is -0.506 e. The molecule has 0 saturated carbocycles. The summed E-state index contributed by atoms with van der Waals surface area (Å²) in [6, 6.07) is 12.3. The van der Waals surface area contributed by atoms with Gasteiger partial charge in [-0.3, -0.25) is 0 Å². The van der Waals surface area contributed by atoms with Gasteiger partial charge >= 0.3 is 0 Å². The Morgan fingerprint density at radius 3 is 2.52 bits per heavy atom. The molecule has 0 unspecified atom stereocenters. The molecule has 1 fully saturated rings. The van der Waals surface area contributed by atoms with Crippen molar-refractivity contribution < 1.29 is 14.2 Å². The van der Waals surface area contributed by atoms with Crippen molar-refractivity contribution >= 4 is 35.6 Å². The monoisotopic (exact) mass is 514 g/mol. The number of guanidine groups is 1. The number of para-hydroxylation sites is 2. The molecule has 0 atom stereocenters. The van der Waals surface area contributed by atoms with Gasteiger partial charge in [0.25, 0.3) is 0 Å². The fraction of sp³-hybridized carbons (Fsp3) is 0.381. The molecule has 1 aliphatic heterocycles. The van der Waals surface area contributed by atoms with E-state index in [9.17, 15) is 9.50 Å². The first kappa shape index (κ1) is 23.1. The van der Waals surface area contributed by atoms with Gasteiger partial charge in [-0.25, -0.2) is 9.38 Å². The maximum absolute atomic E-state index is 13.9. The van der Waals surface area contributed by atoms with Crippen LogP contribution < -0.4 is 15.0 Å². The third kappa shape index (κ3) is 5.88. The molecule has 0 bridgehead atoms. The van der Waals surface area contributed by atoms with Gasteiger partial charge in [0.15, 0.2) is 17.5 Å². The van der Waals surface area contributed by atoms with E-state index in [0.717, 1.165) is 49.9 Å². The number of phenolic OH excluding ortho intramolecular Hbond substituents is 1. The van der Waals surface area contributed by atoms with Gasteiger partial charge in [0.2, 0.25) is 0 Å². The van der Waals surface area contributed by atoms with E-state index in [4.69, 9.17) is 4.74 Å². The molecule has 1 aliphatic rings. The quantitative estimate of drug-likeness (QED) is 0.364. The van der Waals surface area contributed by atoms with Crippen LogP contribution in [0.25, 0.3) is 0 Å². The molecule has 8 heteroatoms. The summed E-state index contributed by atoms with van der Waals surface area (Å²) >= 11 is 0. The van der Waals surface area contributed by atoms with Gasteiger partial charge in [-0.1, -0.05) is 18.2 Å². The molecule has 29 heavy (non-hydrogen) atoms. The average Bonchev–Trinajstić information content (AvgIpc) is 2.72. The third-order valence-corrected chi connectivity index (χ3v) is 4.76. The molecule has 6 nitrogen and oxygen atoms in total. The molecule has 0 radical (unpaired) electrons. The molecule has 3 rings (SSSR count). The summed E-state index contributed by atoms with van der Waals surface area (Å²) in [6.45, 7) is 6.34. The zero-order chi connectivity index (χ0) is 19.9. The SMILES string of the molecule is CCNC(=NCc1ccc(OC)c(F)c1)N1CCN(c2ccccc2O)CC1.I. The van der Waals surface area contributed by atoms with Crippen molar-refractivity contribution in [1.29, 1.82) is 0 Å². The Labute approximate surface area is 188 Å². The van der Waals surface area contributed by atoms with Gasteiger partial charge in [0, 0.05) is 32.7 Å². The number of piperazine rings is 1. The van der Waals surface area contributed by atoms with E-state index >= 15 is 0 Å². The van der Waals surface area contributed by atoms with Crippen LogP contribution in [0.15, 0.2) is 47.5 Å². The first-order valence-corrected chi connectivity index (χ1v) is 9.51. The maximum atomic E-state index is 13.9. The van der Waals surface area contributed by atoms with Crippen LogP contribution in [-0.4, -0.2) is 55.8 Å². The minimum absolute atomic E-state index is 0.